The Morgan fingerprint density at radius 2 is 2.14 bits per heavy atom. The molecule has 0 bridgehead atoms. The lowest BCUT2D eigenvalue weighted by Crippen LogP contribution is -1.67. The molecule has 0 unspecified atom stereocenters. The third-order valence-corrected chi connectivity index (χ3v) is 1.63. The van der Waals surface area contributed by atoms with Crippen molar-refractivity contribution in [3.8, 4) is 0 Å². The van der Waals surface area contributed by atoms with E-state index in [0.717, 1.165) is 0 Å². The van der Waals surface area contributed by atoms with Gasteiger partial charge in [-0.2, -0.15) is 0 Å². The predicted molar refractivity (Wildman–Crippen MR) is 31.9 cm³/mol. The molecular weight excluding hydrogens is 84.1 g/mol. The Morgan fingerprint density at radius 1 is 1.43 bits per heavy atom. The van der Waals surface area contributed by atoms with Gasteiger partial charge in [-0.15, -0.1) is 0 Å². The molecule has 1 radical (unpaired) electrons. The summed E-state index contributed by atoms with van der Waals surface area (Å²) in [6.07, 6.45) is 3.87. The van der Waals surface area contributed by atoms with Crippen molar-refractivity contribution in [2.75, 3.05) is 0 Å². The molecule has 0 aromatic rings. The summed E-state index contributed by atoms with van der Waals surface area (Å²) in [4.78, 5) is 0. The molecule has 0 atom stereocenters. The highest BCUT2D eigenvalue weighted by Gasteiger charge is 2.03. The van der Waals surface area contributed by atoms with Crippen molar-refractivity contribution in [1.82, 2.24) is 0 Å². The largest absolute Gasteiger partial charge is 0.0741 e. The minimum absolute atomic E-state index is 1.24. The Kier molecular flexibility index (Phi) is 1.18. The standard InChI is InChI=1S/C7H11/c1-6-4-3-5-7(6)2/h1,3-5H2,2H3. The molecule has 0 heteroatoms. The number of allylic oxidation sites excluding steroid dienone is 2. The molecule has 0 saturated heterocycles. The minimum atomic E-state index is 1.24. The van der Waals surface area contributed by atoms with Gasteiger partial charge in [0.25, 0.3) is 0 Å². The van der Waals surface area contributed by atoms with Crippen molar-refractivity contribution >= 4 is 0 Å². The van der Waals surface area contributed by atoms with Crippen LogP contribution in [0.1, 0.15) is 26.2 Å². The van der Waals surface area contributed by atoms with Gasteiger partial charge in [0, 0.05) is 0 Å². The molecule has 0 aromatic carbocycles. The van der Waals surface area contributed by atoms with Crippen molar-refractivity contribution in [1.29, 1.82) is 0 Å². The van der Waals surface area contributed by atoms with E-state index in [4.69, 9.17) is 0 Å². The van der Waals surface area contributed by atoms with Crippen LogP contribution in [0.5, 0.6) is 0 Å². The topological polar surface area (TPSA) is 0 Å². The molecular formula is C7H11. The molecule has 1 aliphatic rings. The molecule has 1 aliphatic carbocycles. The summed E-state index contributed by atoms with van der Waals surface area (Å²) in [5.41, 5.74) is 2.89. The van der Waals surface area contributed by atoms with Crippen LogP contribution in [0.4, 0.5) is 0 Å². The van der Waals surface area contributed by atoms with Crippen molar-refractivity contribution < 1.29 is 0 Å². The van der Waals surface area contributed by atoms with E-state index in [1.807, 2.05) is 0 Å². The monoisotopic (exact) mass is 95.1 g/mol. The van der Waals surface area contributed by atoms with Crippen LogP contribution in [-0.2, 0) is 0 Å². The molecule has 0 nitrogen and oxygen atoms in total. The highest BCUT2D eigenvalue weighted by molar-refractivity contribution is 5.19. The average molecular weight is 95.2 g/mol. The zero-order valence-corrected chi connectivity index (χ0v) is 4.83. The van der Waals surface area contributed by atoms with Gasteiger partial charge in [0.05, 0.1) is 0 Å². The van der Waals surface area contributed by atoms with E-state index in [-0.39, 0.29) is 0 Å². The third kappa shape index (κ3) is 0.846. The quantitative estimate of drug-likeness (QED) is 0.433. The number of hydrogen-bond acceptors (Lipinski definition) is 0. The second-order valence-corrected chi connectivity index (χ2v) is 2.24. The first-order valence-corrected chi connectivity index (χ1v) is 2.81. The lowest BCUT2D eigenvalue weighted by atomic mass is 10.2. The van der Waals surface area contributed by atoms with E-state index in [9.17, 15) is 0 Å². The first kappa shape index (κ1) is 4.89. The summed E-state index contributed by atoms with van der Waals surface area (Å²) < 4.78 is 0. The summed E-state index contributed by atoms with van der Waals surface area (Å²) in [6, 6.07) is 0. The zero-order valence-electron chi connectivity index (χ0n) is 4.83. The molecule has 0 fully saturated rings. The Hall–Kier alpha value is -0.260. The van der Waals surface area contributed by atoms with Crippen LogP contribution in [0.3, 0.4) is 0 Å². The molecule has 0 amide bonds. The van der Waals surface area contributed by atoms with Crippen molar-refractivity contribution in [2.45, 2.75) is 26.2 Å². The third-order valence-electron chi connectivity index (χ3n) is 1.63. The van der Waals surface area contributed by atoms with Gasteiger partial charge in [0.1, 0.15) is 0 Å². The van der Waals surface area contributed by atoms with E-state index in [2.05, 4.69) is 13.8 Å². The van der Waals surface area contributed by atoms with Crippen LogP contribution in [-0.4, -0.2) is 0 Å². The lowest BCUT2D eigenvalue weighted by Gasteiger charge is -1.87. The van der Waals surface area contributed by atoms with Gasteiger partial charge in [-0.05, 0) is 33.1 Å². The molecule has 0 aromatic heterocycles. The van der Waals surface area contributed by atoms with Crippen molar-refractivity contribution in [3.63, 3.8) is 0 Å². The highest BCUT2D eigenvalue weighted by Crippen LogP contribution is 2.23. The van der Waals surface area contributed by atoms with Gasteiger partial charge in [-0.1, -0.05) is 11.1 Å². The van der Waals surface area contributed by atoms with Crippen LogP contribution in [0.25, 0.3) is 0 Å². The molecule has 0 saturated carbocycles. The molecule has 0 aliphatic heterocycles. The zero-order chi connectivity index (χ0) is 5.28. The maximum absolute atomic E-state index is 3.90. The van der Waals surface area contributed by atoms with E-state index >= 15 is 0 Å². The van der Waals surface area contributed by atoms with Crippen LogP contribution in [0.2, 0.25) is 0 Å². The molecule has 7 heavy (non-hydrogen) atoms. The van der Waals surface area contributed by atoms with Gasteiger partial charge in [0.15, 0.2) is 0 Å². The van der Waals surface area contributed by atoms with Crippen LogP contribution in [0.15, 0.2) is 11.1 Å². The summed E-state index contributed by atoms with van der Waals surface area (Å²) >= 11 is 0. The maximum Gasteiger partial charge on any atom is -0.0280 e. The predicted octanol–water partition coefficient (Wildman–Crippen LogP) is 2.32. The number of hydrogen-bond donors (Lipinski definition) is 0. The van der Waals surface area contributed by atoms with Gasteiger partial charge in [-0.25, -0.2) is 0 Å². The minimum Gasteiger partial charge on any atom is -0.0741 e. The van der Waals surface area contributed by atoms with Crippen molar-refractivity contribution in [3.05, 3.63) is 18.1 Å². The maximum atomic E-state index is 3.90. The van der Waals surface area contributed by atoms with E-state index < -0.39 is 0 Å². The summed E-state index contributed by atoms with van der Waals surface area (Å²) in [5.74, 6) is 0. The fourth-order valence-electron chi connectivity index (χ4n) is 0.957. The summed E-state index contributed by atoms with van der Waals surface area (Å²) in [5, 5.41) is 0. The van der Waals surface area contributed by atoms with E-state index in [1.54, 1.807) is 0 Å². The lowest BCUT2D eigenvalue weighted by molar-refractivity contribution is 0.899. The molecule has 39 valence electrons. The smallest absolute Gasteiger partial charge is 0.0280 e. The summed E-state index contributed by atoms with van der Waals surface area (Å²) in [7, 11) is 0. The number of rotatable bonds is 0. The van der Waals surface area contributed by atoms with Gasteiger partial charge < -0.3 is 0 Å². The molecule has 0 spiro atoms. The van der Waals surface area contributed by atoms with Crippen LogP contribution < -0.4 is 0 Å². The fourth-order valence-corrected chi connectivity index (χ4v) is 0.957. The molecule has 1 rings (SSSR count). The van der Waals surface area contributed by atoms with E-state index in [0.29, 0.717) is 0 Å². The normalized spacial score (nSPS) is 21.4. The van der Waals surface area contributed by atoms with Crippen molar-refractivity contribution in [2.24, 2.45) is 0 Å². The second kappa shape index (κ2) is 1.69. The highest BCUT2D eigenvalue weighted by atomic mass is 14.1. The first-order chi connectivity index (χ1) is 3.30. The second-order valence-electron chi connectivity index (χ2n) is 2.24. The SMILES string of the molecule is [CH2]C1=C(C)CCC1. The summed E-state index contributed by atoms with van der Waals surface area (Å²) in [6.45, 7) is 6.07. The Balaban J connectivity index is 2.64. The Morgan fingerprint density at radius 3 is 2.29 bits per heavy atom. The molecule has 0 heterocycles. The Labute approximate surface area is 45.2 Å². The van der Waals surface area contributed by atoms with Crippen LogP contribution in [0, 0.1) is 6.92 Å². The molecule has 0 N–H and O–H groups in total. The first-order valence-electron chi connectivity index (χ1n) is 2.81. The van der Waals surface area contributed by atoms with Gasteiger partial charge >= 0.3 is 0 Å². The van der Waals surface area contributed by atoms with Gasteiger partial charge in [-0.3, -0.25) is 0 Å². The van der Waals surface area contributed by atoms with Gasteiger partial charge in [0.2, 0.25) is 0 Å². The fraction of sp³-hybridized carbons (Fsp3) is 0.571. The van der Waals surface area contributed by atoms with Crippen LogP contribution >= 0.6 is 0 Å². The average Bonchev–Trinajstić information content (AvgIpc) is 1.91. The Bertz CT molecular complexity index is 86.6. The van der Waals surface area contributed by atoms with E-state index in [1.165, 1.54) is 30.4 Å².